The van der Waals surface area contributed by atoms with Crippen LogP contribution < -0.4 is 14.8 Å². The van der Waals surface area contributed by atoms with Crippen LogP contribution >= 0.6 is 11.3 Å². The highest BCUT2D eigenvalue weighted by atomic mass is 32.2. The van der Waals surface area contributed by atoms with Crippen molar-refractivity contribution in [1.29, 1.82) is 0 Å². The number of ether oxygens (including phenoxy) is 1. The maximum Gasteiger partial charge on any atom is 0.261 e. The molecule has 0 spiro atoms. The molecule has 1 aromatic heterocycles. The van der Waals surface area contributed by atoms with Crippen molar-refractivity contribution in [3.63, 3.8) is 0 Å². The number of nitrogens with one attached hydrogen (secondary N) is 2. The van der Waals surface area contributed by atoms with Gasteiger partial charge in [-0.25, -0.2) is 8.42 Å². The lowest BCUT2D eigenvalue weighted by molar-refractivity contribution is 0.0938. The van der Waals surface area contributed by atoms with Crippen LogP contribution in [0.15, 0.2) is 70.9 Å². The Bertz CT molecular complexity index is 1170. The summed E-state index contributed by atoms with van der Waals surface area (Å²) < 4.78 is 33.4. The number of nitrogens with zero attached hydrogens (tertiary/aromatic N) is 1. The summed E-state index contributed by atoms with van der Waals surface area (Å²) in [4.78, 5) is 16.5. The predicted octanol–water partition coefficient (Wildman–Crippen LogP) is 4.51. The van der Waals surface area contributed by atoms with Crippen molar-refractivity contribution in [3.8, 4) is 5.75 Å². The quantitative estimate of drug-likeness (QED) is 0.428. The minimum Gasteiger partial charge on any atom is -0.494 e. The average Bonchev–Trinajstić information content (AvgIpc) is 3.56. The Morgan fingerprint density at radius 2 is 1.76 bits per heavy atom. The molecule has 1 fully saturated rings. The smallest absolute Gasteiger partial charge is 0.261 e. The summed E-state index contributed by atoms with van der Waals surface area (Å²) in [6.07, 6.45) is 2.35. The predicted molar refractivity (Wildman–Crippen MR) is 135 cm³/mol. The summed E-state index contributed by atoms with van der Waals surface area (Å²) in [5.41, 5.74) is 0.859. The van der Waals surface area contributed by atoms with Crippen molar-refractivity contribution in [2.45, 2.75) is 30.7 Å². The highest BCUT2D eigenvalue weighted by molar-refractivity contribution is 7.92. The molecule has 2 heterocycles. The second-order valence-electron chi connectivity index (χ2n) is 8.07. The van der Waals surface area contributed by atoms with Gasteiger partial charge in [0.2, 0.25) is 0 Å². The SMILES string of the molecule is CCOc1ccc(NS(=O)(=O)c2ccc(C(=O)NCC(c3cccs3)N3CCCC3)cc2)cc1. The Balaban J connectivity index is 1.38. The van der Waals surface area contributed by atoms with Crippen molar-refractivity contribution in [2.24, 2.45) is 0 Å². The van der Waals surface area contributed by atoms with Gasteiger partial charge in [-0.2, -0.15) is 0 Å². The van der Waals surface area contributed by atoms with Crippen LogP contribution in [0, 0.1) is 0 Å². The van der Waals surface area contributed by atoms with E-state index >= 15 is 0 Å². The van der Waals surface area contributed by atoms with Crippen molar-refractivity contribution < 1.29 is 17.9 Å². The molecule has 1 amide bonds. The lowest BCUT2D eigenvalue weighted by Gasteiger charge is -2.27. The molecular weight excluding hydrogens is 470 g/mol. The summed E-state index contributed by atoms with van der Waals surface area (Å²) >= 11 is 1.70. The van der Waals surface area contributed by atoms with E-state index in [1.807, 2.05) is 13.0 Å². The molecule has 0 radical (unpaired) electrons. The van der Waals surface area contributed by atoms with Crippen LogP contribution in [0.2, 0.25) is 0 Å². The van der Waals surface area contributed by atoms with Crippen molar-refractivity contribution in [3.05, 3.63) is 76.5 Å². The number of carbonyl (C=O) groups excluding carboxylic acids is 1. The third-order valence-corrected chi connectivity index (χ3v) is 8.12. The lowest BCUT2D eigenvalue weighted by atomic mass is 10.2. The van der Waals surface area contributed by atoms with E-state index in [9.17, 15) is 13.2 Å². The zero-order valence-electron chi connectivity index (χ0n) is 19.1. The summed E-state index contributed by atoms with van der Waals surface area (Å²) in [5.74, 6) is 0.455. The number of rotatable bonds is 10. The monoisotopic (exact) mass is 499 g/mol. The molecule has 7 nitrogen and oxygen atoms in total. The van der Waals surface area contributed by atoms with E-state index in [2.05, 4.69) is 26.4 Å². The summed E-state index contributed by atoms with van der Waals surface area (Å²) in [5, 5.41) is 5.08. The normalized spacial score (nSPS) is 15.1. The molecule has 2 aromatic carbocycles. The maximum absolute atomic E-state index is 12.8. The lowest BCUT2D eigenvalue weighted by Crippen LogP contribution is -2.36. The van der Waals surface area contributed by atoms with E-state index in [1.165, 1.54) is 42.0 Å². The van der Waals surface area contributed by atoms with Gasteiger partial charge in [0.15, 0.2) is 0 Å². The first-order chi connectivity index (χ1) is 16.5. The molecule has 4 rings (SSSR count). The van der Waals surface area contributed by atoms with Gasteiger partial charge >= 0.3 is 0 Å². The van der Waals surface area contributed by atoms with Crippen molar-refractivity contribution in [1.82, 2.24) is 10.2 Å². The third kappa shape index (κ3) is 5.97. The van der Waals surface area contributed by atoms with Gasteiger partial charge in [0.05, 0.1) is 17.5 Å². The number of carbonyl (C=O) groups is 1. The number of amides is 1. The molecule has 1 atom stereocenters. The Labute approximate surface area is 204 Å². The highest BCUT2D eigenvalue weighted by Crippen LogP contribution is 2.28. The van der Waals surface area contributed by atoms with Gasteiger partial charge in [-0.15, -0.1) is 11.3 Å². The van der Waals surface area contributed by atoms with Gasteiger partial charge in [-0.05, 0) is 92.8 Å². The van der Waals surface area contributed by atoms with Crippen LogP contribution in [0.3, 0.4) is 0 Å². The topological polar surface area (TPSA) is 87.7 Å². The van der Waals surface area contributed by atoms with Crippen molar-refractivity contribution >= 4 is 33.0 Å². The zero-order valence-corrected chi connectivity index (χ0v) is 20.7. The Morgan fingerprint density at radius 1 is 1.06 bits per heavy atom. The van der Waals surface area contributed by atoms with Gasteiger partial charge < -0.3 is 10.1 Å². The second-order valence-corrected chi connectivity index (χ2v) is 10.7. The van der Waals surface area contributed by atoms with Crippen LogP contribution in [-0.4, -0.2) is 45.5 Å². The fraction of sp³-hybridized carbons (Fsp3) is 0.320. The van der Waals surface area contributed by atoms with Crippen LogP contribution in [0.4, 0.5) is 5.69 Å². The van der Waals surface area contributed by atoms with Crippen LogP contribution in [0.1, 0.15) is 41.0 Å². The molecule has 180 valence electrons. The molecule has 0 aliphatic carbocycles. The first-order valence-corrected chi connectivity index (χ1v) is 13.7. The van der Waals surface area contributed by atoms with Gasteiger partial charge in [0.1, 0.15) is 5.75 Å². The van der Waals surface area contributed by atoms with E-state index in [0.29, 0.717) is 30.2 Å². The molecule has 0 saturated carbocycles. The third-order valence-electron chi connectivity index (χ3n) is 5.75. The number of hydrogen-bond acceptors (Lipinski definition) is 6. The van der Waals surface area contributed by atoms with Crippen LogP contribution in [0.5, 0.6) is 5.75 Å². The molecule has 1 unspecified atom stereocenters. The van der Waals surface area contributed by atoms with Gasteiger partial charge in [-0.3, -0.25) is 14.4 Å². The minimum atomic E-state index is -3.78. The van der Waals surface area contributed by atoms with Gasteiger partial charge in [0, 0.05) is 22.7 Å². The van der Waals surface area contributed by atoms with Crippen molar-refractivity contribution in [2.75, 3.05) is 31.0 Å². The fourth-order valence-electron chi connectivity index (χ4n) is 4.02. The molecule has 1 aliphatic rings. The zero-order chi connectivity index (χ0) is 24.0. The Hall–Kier alpha value is -2.88. The molecule has 9 heteroatoms. The fourth-order valence-corrected chi connectivity index (χ4v) is 5.94. The largest absolute Gasteiger partial charge is 0.494 e. The highest BCUT2D eigenvalue weighted by Gasteiger charge is 2.25. The van der Waals surface area contributed by atoms with Crippen LogP contribution in [0.25, 0.3) is 0 Å². The average molecular weight is 500 g/mol. The van der Waals surface area contributed by atoms with Gasteiger partial charge in [0.25, 0.3) is 15.9 Å². The van der Waals surface area contributed by atoms with E-state index in [-0.39, 0.29) is 16.8 Å². The van der Waals surface area contributed by atoms with E-state index in [1.54, 1.807) is 35.6 Å². The first-order valence-electron chi connectivity index (χ1n) is 11.4. The van der Waals surface area contributed by atoms with E-state index in [0.717, 1.165) is 13.1 Å². The molecule has 0 bridgehead atoms. The number of anilines is 1. The summed E-state index contributed by atoms with van der Waals surface area (Å²) in [6, 6.07) is 17.0. The molecule has 2 N–H and O–H groups in total. The first kappa shape index (κ1) is 24.3. The molecule has 3 aromatic rings. The number of benzene rings is 2. The number of sulfonamides is 1. The summed E-state index contributed by atoms with van der Waals surface area (Å²) in [7, 11) is -3.78. The maximum atomic E-state index is 12.8. The summed E-state index contributed by atoms with van der Waals surface area (Å²) in [6.45, 7) is 5.01. The van der Waals surface area contributed by atoms with Crippen LogP contribution in [-0.2, 0) is 10.0 Å². The van der Waals surface area contributed by atoms with E-state index in [4.69, 9.17) is 4.74 Å². The van der Waals surface area contributed by atoms with Gasteiger partial charge in [-0.1, -0.05) is 6.07 Å². The number of thiophene rings is 1. The minimum absolute atomic E-state index is 0.0893. The standard InChI is InChI=1S/C25H29N3O4S2/c1-2-32-21-11-9-20(10-12-21)27-34(30,31)22-13-7-19(8-14-22)25(29)26-18-23(24-6-5-17-33-24)28-15-3-4-16-28/h5-14,17,23,27H,2-4,15-16,18H2,1H3,(H,26,29). The Morgan fingerprint density at radius 3 is 2.38 bits per heavy atom. The second kappa shape index (κ2) is 11.0. The van der Waals surface area contributed by atoms with E-state index < -0.39 is 10.0 Å². The molecule has 1 aliphatic heterocycles. The molecule has 1 saturated heterocycles. The molecular formula is C25H29N3O4S2. The molecule has 34 heavy (non-hydrogen) atoms. The number of hydrogen-bond donors (Lipinski definition) is 2. The Kier molecular flexibility index (Phi) is 7.87. The number of likely N-dealkylation sites (tertiary alicyclic amines) is 1.